The highest BCUT2D eigenvalue weighted by molar-refractivity contribution is 9.10. The van der Waals surface area contributed by atoms with Gasteiger partial charge in [0.1, 0.15) is 22.1 Å². The lowest BCUT2D eigenvalue weighted by Crippen LogP contribution is -2.47. The number of fused-ring (bicyclic) bond motifs is 1. The third-order valence-corrected chi connectivity index (χ3v) is 5.70. The van der Waals surface area contributed by atoms with Gasteiger partial charge < -0.3 is 14.8 Å². The first-order valence-corrected chi connectivity index (χ1v) is 10.5. The molecule has 1 saturated carbocycles. The number of nitrogens with one attached hydrogen (secondary N) is 1. The van der Waals surface area contributed by atoms with E-state index in [1.54, 1.807) is 11.0 Å². The van der Waals surface area contributed by atoms with Gasteiger partial charge in [-0.2, -0.15) is 0 Å². The molecule has 0 unspecified atom stereocenters. The molecule has 29 heavy (non-hydrogen) atoms. The minimum atomic E-state index is -0.639. The zero-order valence-electron chi connectivity index (χ0n) is 17.3. The second kappa shape index (κ2) is 8.07. The number of carbonyl (C=O) groups excluding carboxylic acids is 2. The zero-order valence-corrected chi connectivity index (χ0v) is 18.9. The highest BCUT2D eigenvalue weighted by Gasteiger charge is 2.68. The third-order valence-electron chi connectivity index (χ3n) is 5.25. The molecule has 1 saturated heterocycles. The molecule has 2 aliphatic rings. The summed E-state index contributed by atoms with van der Waals surface area (Å²) in [5, 5.41) is 2.88. The maximum absolute atomic E-state index is 13.1. The first kappa shape index (κ1) is 21.8. The van der Waals surface area contributed by atoms with Gasteiger partial charge in [0.15, 0.2) is 0 Å². The molecule has 3 atom stereocenters. The van der Waals surface area contributed by atoms with Crippen LogP contribution in [0.1, 0.15) is 39.2 Å². The molecule has 2 heterocycles. The summed E-state index contributed by atoms with van der Waals surface area (Å²) in [6, 6.07) is 3.00. The van der Waals surface area contributed by atoms with Crippen molar-refractivity contribution >= 4 is 33.7 Å². The lowest BCUT2D eigenvalue weighted by atomic mass is 10.00. The maximum atomic E-state index is 13.1. The van der Waals surface area contributed by atoms with Gasteiger partial charge in [-0.15, -0.1) is 6.58 Å². The quantitative estimate of drug-likeness (QED) is 0.389. The van der Waals surface area contributed by atoms with E-state index >= 15 is 0 Å². The van der Waals surface area contributed by atoms with Gasteiger partial charge in [0, 0.05) is 11.5 Å². The average molecular weight is 466 g/mol. The number of anilines is 1. The van der Waals surface area contributed by atoms with Crippen molar-refractivity contribution in [2.45, 2.75) is 58.2 Å². The fourth-order valence-corrected chi connectivity index (χ4v) is 4.13. The van der Waals surface area contributed by atoms with E-state index in [0.29, 0.717) is 30.1 Å². The topological polar surface area (TPSA) is 80.8 Å². The third kappa shape index (κ3) is 4.80. The Morgan fingerprint density at radius 2 is 2.14 bits per heavy atom. The molecular formula is C21H28BrN3O4. The number of hydrogen-bond acceptors (Lipinski definition) is 5. The Balaban J connectivity index is 1.80. The summed E-state index contributed by atoms with van der Waals surface area (Å²) >= 11 is 3.33. The van der Waals surface area contributed by atoms with Gasteiger partial charge in [-0.1, -0.05) is 12.1 Å². The Morgan fingerprint density at radius 3 is 2.79 bits per heavy atom. The monoisotopic (exact) mass is 465 g/mol. The standard InChI is InChI=1S/C21H28BrN3O4/c1-6-9-28-12-21-10-14(18(26)24-17-13(2)7-8-16(22)23-17)25(15(21)11-21)19(27)29-20(3,4)5/h6-8,14-15H,1,9-12H2,2-5H3,(H,23,24,26)/t14-,15+,21-/m0/s1. The van der Waals surface area contributed by atoms with Crippen LogP contribution in [0.4, 0.5) is 10.6 Å². The van der Waals surface area contributed by atoms with Crippen LogP contribution in [0.3, 0.4) is 0 Å². The predicted octanol–water partition coefficient (Wildman–Crippen LogP) is 4.06. The Morgan fingerprint density at radius 1 is 1.41 bits per heavy atom. The van der Waals surface area contributed by atoms with Crippen molar-refractivity contribution in [3.05, 3.63) is 35.0 Å². The van der Waals surface area contributed by atoms with Gasteiger partial charge in [0.25, 0.3) is 0 Å². The van der Waals surface area contributed by atoms with Gasteiger partial charge in [-0.25, -0.2) is 9.78 Å². The molecule has 0 bridgehead atoms. The van der Waals surface area contributed by atoms with Gasteiger partial charge in [0.2, 0.25) is 5.91 Å². The van der Waals surface area contributed by atoms with E-state index in [9.17, 15) is 9.59 Å². The Hall–Kier alpha value is -1.93. The molecule has 1 aliphatic carbocycles. The number of pyridine rings is 1. The Labute approximate surface area is 180 Å². The Kier molecular flexibility index (Phi) is 6.06. The smallest absolute Gasteiger partial charge is 0.411 e. The van der Waals surface area contributed by atoms with Gasteiger partial charge in [0.05, 0.1) is 13.2 Å². The number of halogens is 1. The number of aromatic nitrogens is 1. The molecule has 8 heteroatoms. The first-order chi connectivity index (χ1) is 13.6. The summed E-state index contributed by atoms with van der Waals surface area (Å²) in [6.07, 6.45) is 2.57. The molecule has 158 valence electrons. The summed E-state index contributed by atoms with van der Waals surface area (Å²) < 4.78 is 11.9. The number of hydrogen-bond donors (Lipinski definition) is 1. The van der Waals surface area contributed by atoms with Crippen LogP contribution >= 0.6 is 15.9 Å². The van der Waals surface area contributed by atoms with Crippen LogP contribution in [0.25, 0.3) is 0 Å². The van der Waals surface area contributed by atoms with Crippen molar-refractivity contribution < 1.29 is 19.1 Å². The molecule has 0 spiro atoms. The SMILES string of the molecule is C=CCOC[C@@]12C[C@@H](C(=O)Nc3nc(Br)ccc3C)N(C(=O)OC(C)(C)C)[C@@H]1C2. The number of ether oxygens (including phenoxy) is 2. The van der Waals surface area contributed by atoms with Gasteiger partial charge in [-0.3, -0.25) is 9.69 Å². The number of amides is 2. The van der Waals surface area contributed by atoms with Crippen LogP contribution < -0.4 is 5.32 Å². The number of aryl methyl sites for hydroxylation is 1. The second-order valence-electron chi connectivity index (χ2n) is 8.78. The van der Waals surface area contributed by atoms with Crippen LogP contribution in [-0.2, 0) is 14.3 Å². The molecule has 3 rings (SSSR count). The summed E-state index contributed by atoms with van der Waals surface area (Å²) in [5.74, 6) is 0.214. The Bertz CT molecular complexity index is 823. The number of likely N-dealkylation sites (tertiary alicyclic amines) is 1. The molecule has 1 aromatic heterocycles. The fourth-order valence-electron chi connectivity index (χ4n) is 3.82. The number of rotatable bonds is 6. The van der Waals surface area contributed by atoms with Crippen LogP contribution in [0.15, 0.2) is 29.4 Å². The fraction of sp³-hybridized carbons (Fsp3) is 0.571. The summed E-state index contributed by atoms with van der Waals surface area (Å²) in [5.41, 5.74) is -0.000585. The average Bonchev–Trinajstić information content (AvgIpc) is 3.20. The van der Waals surface area contributed by atoms with Crippen molar-refractivity contribution in [2.75, 3.05) is 18.5 Å². The predicted molar refractivity (Wildman–Crippen MR) is 114 cm³/mol. The number of nitrogens with zero attached hydrogens (tertiary/aromatic N) is 2. The van der Waals surface area contributed by atoms with Crippen molar-refractivity contribution in [1.29, 1.82) is 0 Å². The first-order valence-electron chi connectivity index (χ1n) is 9.70. The minimum absolute atomic E-state index is 0.0607. The molecule has 0 radical (unpaired) electrons. The van der Waals surface area contributed by atoms with Crippen LogP contribution in [0.5, 0.6) is 0 Å². The van der Waals surface area contributed by atoms with E-state index in [-0.39, 0.29) is 17.4 Å². The van der Waals surface area contributed by atoms with Crippen LogP contribution in [0, 0.1) is 12.3 Å². The molecule has 7 nitrogen and oxygen atoms in total. The summed E-state index contributed by atoms with van der Waals surface area (Å²) in [7, 11) is 0. The summed E-state index contributed by atoms with van der Waals surface area (Å²) in [6.45, 7) is 11.9. The number of piperidine rings is 1. The van der Waals surface area contributed by atoms with E-state index in [4.69, 9.17) is 9.47 Å². The number of carbonyl (C=O) groups is 2. The van der Waals surface area contributed by atoms with E-state index in [1.165, 1.54) is 0 Å². The second-order valence-corrected chi connectivity index (χ2v) is 9.59. The van der Waals surface area contributed by atoms with E-state index < -0.39 is 17.7 Å². The van der Waals surface area contributed by atoms with Crippen molar-refractivity contribution in [3.63, 3.8) is 0 Å². The zero-order chi connectivity index (χ0) is 21.4. The van der Waals surface area contributed by atoms with Gasteiger partial charge in [-0.05, 0) is 68.1 Å². The molecular weight excluding hydrogens is 438 g/mol. The molecule has 0 aromatic carbocycles. The summed E-state index contributed by atoms with van der Waals surface area (Å²) in [4.78, 5) is 32.0. The minimum Gasteiger partial charge on any atom is -0.444 e. The molecule has 1 N–H and O–H groups in total. The highest BCUT2D eigenvalue weighted by atomic mass is 79.9. The largest absolute Gasteiger partial charge is 0.444 e. The van der Waals surface area contributed by atoms with E-state index in [2.05, 4.69) is 32.8 Å². The van der Waals surface area contributed by atoms with Crippen molar-refractivity contribution in [1.82, 2.24) is 9.88 Å². The van der Waals surface area contributed by atoms with Crippen molar-refractivity contribution in [3.8, 4) is 0 Å². The molecule has 2 amide bonds. The molecule has 2 fully saturated rings. The normalized spacial score (nSPS) is 25.3. The van der Waals surface area contributed by atoms with Crippen LogP contribution in [-0.4, -0.2) is 52.8 Å². The lowest BCUT2D eigenvalue weighted by Gasteiger charge is -2.29. The lowest BCUT2D eigenvalue weighted by molar-refractivity contribution is -0.121. The van der Waals surface area contributed by atoms with Gasteiger partial charge >= 0.3 is 6.09 Å². The van der Waals surface area contributed by atoms with E-state index in [1.807, 2.05) is 39.8 Å². The van der Waals surface area contributed by atoms with Crippen LogP contribution in [0.2, 0.25) is 0 Å². The molecule has 1 aromatic rings. The maximum Gasteiger partial charge on any atom is 0.411 e. The van der Waals surface area contributed by atoms with E-state index in [0.717, 1.165) is 12.0 Å². The molecule has 1 aliphatic heterocycles. The highest BCUT2D eigenvalue weighted by Crippen LogP contribution is 2.60. The van der Waals surface area contributed by atoms with Crippen molar-refractivity contribution in [2.24, 2.45) is 5.41 Å².